The lowest BCUT2D eigenvalue weighted by molar-refractivity contribution is -0.138. The molecule has 3 rings (SSSR count). The van der Waals surface area contributed by atoms with Crippen molar-refractivity contribution in [3.63, 3.8) is 0 Å². The van der Waals surface area contributed by atoms with E-state index in [9.17, 15) is 30.8 Å². The molecule has 0 fully saturated rings. The van der Waals surface area contributed by atoms with Gasteiger partial charge in [0.15, 0.2) is 5.82 Å². The van der Waals surface area contributed by atoms with Gasteiger partial charge in [-0.05, 0) is 44.8 Å². The third-order valence-corrected chi connectivity index (χ3v) is 6.36. The van der Waals surface area contributed by atoms with E-state index in [1.807, 2.05) is 0 Å². The fraction of sp³-hybridized carbons (Fsp3) is 0.217. The zero-order valence-corrected chi connectivity index (χ0v) is 20.3. The zero-order chi connectivity index (χ0) is 27.4. The van der Waals surface area contributed by atoms with Gasteiger partial charge in [-0.1, -0.05) is 6.08 Å². The van der Waals surface area contributed by atoms with Crippen LogP contribution in [0.1, 0.15) is 25.2 Å². The van der Waals surface area contributed by atoms with Gasteiger partial charge in [-0.3, -0.25) is 9.79 Å². The molecule has 9 nitrogen and oxygen atoms in total. The zero-order valence-electron chi connectivity index (χ0n) is 19.5. The number of benzene rings is 1. The highest BCUT2D eigenvalue weighted by Gasteiger charge is 2.31. The maximum Gasteiger partial charge on any atom is 0.419 e. The van der Waals surface area contributed by atoms with E-state index >= 15 is 0 Å². The number of rotatable bonds is 9. The Morgan fingerprint density at radius 1 is 1.24 bits per heavy atom. The summed E-state index contributed by atoms with van der Waals surface area (Å²) in [5.41, 5.74) is -0.321. The highest BCUT2D eigenvalue weighted by atomic mass is 32.2. The van der Waals surface area contributed by atoms with Crippen LogP contribution in [0, 0.1) is 5.82 Å². The Bertz CT molecular complexity index is 1480. The van der Waals surface area contributed by atoms with E-state index in [1.54, 1.807) is 6.92 Å². The molecule has 1 atom stereocenters. The van der Waals surface area contributed by atoms with Gasteiger partial charge in [0, 0.05) is 29.4 Å². The molecule has 2 aromatic heterocycles. The first-order valence-electron chi connectivity index (χ1n) is 10.6. The molecule has 37 heavy (non-hydrogen) atoms. The lowest BCUT2D eigenvalue weighted by Gasteiger charge is -2.13. The predicted molar refractivity (Wildman–Crippen MR) is 127 cm³/mol. The van der Waals surface area contributed by atoms with E-state index < -0.39 is 44.6 Å². The van der Waals surface area contributed by atoms with Gasteiger partial charge in [0.1, 0.15) is 11.4 Å². The molecule has 0 spiro atoms. The van der Waals surface area contributed by atoms with Gasteiger partial charge in [-0.2, -0.15) is 17.9 Å². The van der Waals surface area contributed by atoms with Crippen molar-refractivity contribution >= 4 is 39.2 Å². The third-order valence-electron chi connectivity index (χ3n) is 4.96. The number of amides is 1. The molecular formula is C23H21F4N5O4S. The number of fused-ring (bicyclic) bond motifs is 1. The van der Waals surface area contributed by atoms with Crippen LogP contribution in [0.5, 0.6) is 0 Å². The topological polar surface area (TPSA) is 127 Å². The molecule has 0 aliphatic rings. The number of allylic oxidation sites excluding steroid dienone is 3. The quantitative estimate of drug-likeness (QED) is 0.242. The highest BCUT2D eigenvalue weighted by molar-refractivity contribution is 7.89. The number of aromatic nitrogens is 2. The summed E-state index contributed by atoms with van der Waals surface area (Å²) in [6.07, 6.45) is -0.337. The van der Waals surface area contributed by atoms with Gasteiger partial charge in [-0.15, -0.1) is 0 Å². The molecule has 0 aliphatic heterocycles. The summed E-state index contributed by atoms with van der Waals surface area (Å²) in [4.78, 5) is 23.7. The first-order valence-corrected chi connectivity index (χ1v) is 12.0. The molecule has 0 saturated heterocycles. The van der Waals surface area contributed by atoms with Crippen molar-refractivity contribution in [3.05, 3.63) is 71.7 Å². The first kappa shape index (κ1) is 27.7. The Hall–Kier alpha value is -3.91. The molecule has 3 aromatic rings. The van der Waals surface area contributed by atoms with E-state index in [0.29, 0.717) is 18.0 Å². The Kier molecular flexibility index (Phi) is 8.23. The van der Waals surface area contributed by atoms with Crippen LogP contribution in [0.15, 0.2) is 69.0 Å². The molecule has 1 amide bonds. The molecule has 0 radical (unpaired) electrons. The van der Waals surface area contributed by atoms with Gasteiger partial charge >= 0.3 is 6.18 Å². The van der Waals surface area contributed by atoms with E-state index in [2.05, 4.69) is 31.7 Å². The second kappa shape index (κ2) is 11.0. The minimum atomic E-state index is -4.58. The Morgan fingerprint density at radius 3 is 2.51 bits per heavy atom. The number of nitrogens with one attached hydrogen (secondary N) is 2. The number of carbonyl (C=O) groups excluding carboxylic acids is 1. The summed E-state index contributed by atoms with van der Waals surface area (Å²) in [7, 11) is -4.25. The Labute approximate surface area is 209 Å². The Balaban J connectivity index is 1.66. The maximum atomic E-state index is 13.4. The van der Waals surface area contributed by atoms with Crippen molar-refractivity contribution in [2.45, 2.75) is 31.2 Å². The van der Waals surface area contributed by atoms with Crippen molar-refractivity contribution in [2.24, 2.45) is 4.99 Å². The van der Waals surface area contributed by atoms with E-state index in [-0.39, 0.29) is 29.0 Å². The lowest BCUT2D eigenvalue weighted by atomic mass is 10.2. The van der Waals surface area contributed by atoms with E-state index in [1.165, 1.54) is 25.1 Å². The van der Waals surface area contributed by atoms with Crippen LogP contribution in [0.25, 0.3) is 16.5 Å². The number of aliphatic imine (C=N–C) groups is 1. The molecule has 2 N–H and O–H groups in total. The van der Waals surface area contributed by atoms with Crippen molar-refractivity contribution in [2.75, 3.05) is 6.54 Å². The van der Waals surface area contributed by atoms with Crippen LogP contribution in [0.3, 0.4) is 0 Å². The van der Waals surface area contributed by atoms with Gasteiger partial charge in [0.2, 0.25) is 11.0 Å². The van der Waals surface area contributed by atoms with Crippen molar-refractivity contribution < 1.29 is 35.2 Å². The maximum absolute atomic E-state index is 13.4. The summed E-state index contributed by atoms with van der Waals surface area (Å²) in [6.45, 7) is 6.12. The van der Waals surface area contributed by atoms with Gasteiger partial charge in [-0.25, -0.2) is 22.8 Å². The summed E-state index contributed by atoms with van der Waals surface area (Å²) < 4.78 is 84.2. The van der Waals surface area contributed by atoms with Crippen molar-refractivity contribution in [3.8, 4) is 0 Å². The Morgan fingerprint density at radius 2 is 1.92 bits per heavy atom. The molecule has 1 aromatic carbocycles. The minimum absolute atomic E-state index is 0.00480. The second-order valence-corrected chi connectivity index (χ2v) is 9.28. The van der Waals surface area contributed by atoms with Gasteiger partial charge in [0.25, 0.3) is 10.0 Å². The molecule has 14 heteroatoms. The van der Waals surface area contributed by atoms with Crippen molar-refractivity contribution in [1.82, 2.24) is 20.0 Å². The van der Waals surface area contributed by atoms with Crippen molar-refractivity contribution in [1.29, 1.82) is 0 Å². The summed E-state index contributed by atoms with van der Waals surface area (Å²) in [6, 6.07) is 3.41. The monoisotopic (exact) mass is 539 g/mol. The number of sulfonamides is 1. The highest BCUT2D eigenvalue weighted by Crippen LogP contribution is 2.28. The molecule has 0 aliphatic carbocycles. The number of furan rings is 1. The average Bonchev–Trinajstić information content (AvgIpc) is 3.27. The number of nitrogens with zero attached hydrogens (tertiary/aromatic N) is 3. The molecular weight excluding hydrogens is 518 g/mol. The predicted octanol–water partition coefficient (Wildman–Crippen LogP) is 3.85. The van der Waals surface area contributed by atoms with Gasteiger partial charge in [0.05, 0.1) is 23.8 Å². The molecule has 2 heterocycles. The van der Waals surface area contributed by atoms with E-state index in [4.69, 9.17) is 4.42 Å². The number of halogens is 4. The van der Waals surface area contributed by atoms with Crippen LogP contribution in [-0.2, 0) is 21.0 Å². The third kappa shape index (κ3) is 6.86. The summed E-state index contributed by atoms with van der Waals surface area (Å²) in [5, 5.41) is 2.23. The minimum Gasteiger partial charge on any atom is -0.443 e. The molecule has 0 saturated carbocycles. The SMILES string of the molecule is C=N/C(=C\C(=C/C)c1ncc(C(F)(F)F)cn1)CNC(=O)[C@H](C)NS(=O)(=O)c1cc2cc(F)ccc2o1. The smallest absolute Gasteiger partial charge is 0.419 e. The van der Waals surface area contributed by atoms with Crippen LogP contribution in [0.4, 0.5) is 17.6 Å². The van der Waals surface area contributed by atoms with Crippen LogP contribution in [0.2, 0.25) is 0 Å². The average molecular weight is 540 g/mol. The normalized spacial score (nSPS) is 14.0. The first-order chi connectivity index (χ1) is 17.3. The van der Waals surface area contributed by atoms with Crippen LogP contribution < -0.4 is 10.0 Å². The number of hydrogen-bond donors (Lipinski definition) is 2. The number of alkyl halides is 3. The number of carbonyl (C=O) groups is 1. The fourth-order valence-electron chi connectivity index (χ4n) is 3.03. The van der Waals surface area contributed by atoms with E-state index in [0.717, 1.165) is 18.2 Å². The van der Waals surface area contributed by atoms with Crippen LogP contribution in [-0.4, -0.2) is 43.6 Å². The standard InChI is InChI=1S/C23H21F4N5O4S/c1-4-14(21-29-10-16(11-30-21)23(25,26)27)8-18(28-3)12-31-22(33)13(2)32-37(34,35)20-9-15-7-17(24)5-6-19(15)36-20/h4-11,13,32H,3,12H2,1-2H3,(H,31,33)/b14-4+,18-8-/t13-/m0/s1. The summed E-state index contributed by atoms with van der Waals surface area (Å²) >= 11 is 0. The fourth-order valence-corrected chi connectivity index (χ4v) is 4.20. The number of hydrogen-bond acceptors (Lipinski definition) is 7. The van der Waals surface area contributed by atoms with Gasteiger partial charge < -0.3 is 9.73 Å². The lowest BCUT2D eigenvalue weighted by Crippen LogP contribution is -2.45. The van der Waals surface area contributed by atoms with Crippen LogP contribution >= 0.6 is 0 Å². The molecule has 0 unspecified atom stereocenters. The molecule has 196 valence electrons. The largest absolute Gasteiger partial charge is 0.443 e. The molecule has 0 bridgehead atoms. The summed E-state index contributed by atoms with van der Waals surface area (Å²) in [5.74, 6) is -1.29. The second-order valence-electron chi connectivity index (χ2n) is 7.64.